The number of benzene rings is 3. The molecule has 0 saturated heterocycles. The Kier molecular flexibility index (Phi) is 7.99. The van der Waals surface area contributed by atoms with Crippen molar-refractivity contribution in [2.24, 2.45) is 0 Å². The van der Waals surface area contributed by atoms with Gasteiger partial charge in [0.2, 0.25) is 11.2 Å². The number of alkyl halides is 3. The molecule has 0 bridgehead atoms. The van der Waals surface area contributed by atoms with Gasteiger partial charge in [-0.05, 0) is 55.0 Å². The lowest BCUT2D eigenvalue weighted by atomic mass is 10.2. The highest BCUT2D eigenvalue weighted by Crippen LogP contribution is 2.40. The van der Waals surface area contributed by atoms with Crippen molar-refractivity contribution in [3.8, 4) is 23.0 Å². The zero-order chi connectivity index (χ0) is 27.4. The second-order valence-corrected chi connectivity index (χ2v) is 8.47. The molecule has 11 heteroatoms. The zero-order valence-electron chi connectivity index (χ0n) is 19.5. The average molecular weight is 565 g/mol. The van der Waals surface area contributed by atoms with Crippen LogP contribution in [0, 0.1) is 0 Å². The molecule has 0 aliphatic carbocycles. The van der Waals surface area contributed by atoms with Crippen molar-refractivity contribution in [2.45, 2.75) is 13.1 Å². The van der Waals surface area contributed by atoms with Crippen LogP contribution in [0.2, 0.25) is 10.0 Å². The summed E-state index contributed by atoms with van der Waals surface area (Å²) in [5.74, 6) is -3.62. The van der Waals surface area contributed by atoms with Crippen LogP contribution in [-0.2, 0) is 11.0 Å². The Morgan fingerprint density at radius 1 is 1.00 bits per heavy atom. The first-order chi connectivity index (χ1) is 18.1. The minimum Gasteiger partial charge on any atom is -0.490 e. The van der Waals surface area contributed by atoms with E-state index in [1.165, 1.54) is 42.5 Å². The summed E-state index contributed by atoms with van der Waals surface area (Å²) in [4.78, 5) is 25.3. The Morgan fingerprint density at radius 2 is 1.74 bits per heavy atom. The van der Waals surface area contributed by atoms with Gasteiger partial charge in [0.25, 0.3) is 5.76 Å². The predicted molar refractivity (Wildman–Crippen MR) is 136 cm³/mol. The highest BCUT2D eigenvalue weighted by Gasteiger charge is 2.40. The third kappa shape index (κ3) is 6.12. The molecule has 0 radical (unpaired) electrons. The van der Waals surface area contributed by atoms with Crippen molar-refractivity contribution in [3.05, 3.63) is 98.3 Å². The molecule has 6 nitrogen and oxygen atoms in total. The van der Waals surface area contributed by atoms with Gasteiger partial charge in [0.05, 0.1) is 22.0 Å². The summed E-state index contributed by atoms with van der Waals surface area (Å²) in [7, 11) is 0. The highest BCUT2D eigenvalue weighted by atomic mass is 35.5. The third-order valence-corrected chi connectivity index (χ3v) is 5.75. The molecule has 0 saturated carbocycles. The number of carbonyl (C=O) groups is 1. The van der Waals surface area contributed by atoms with Crippen LogP contribution < -0.4 is 19.6 Å². The van der Waals surface area contributed by atoms with Crippen LogP contribution >= 0.6 is 23.2 Å². The number of para-hydroxylation sites is 2. The number of fused-ring (bicyclic) bond motifs is 1. The molecule has 196 valence electrons. The van der Waals surface area contributed by atoms with E-state index in [1.807, 2.05) is 0 Å². The van der Waals surface area contributed by atoms with Crippen LogP contribution in [0.1, 0.15) is 18.2 Å². The maximum atomic E-state index is 13.9. The summed E-state index contributed by atoms with van der Waals surface area (Å²) in [6.45, 7) is 1.92. The summed E-state index contributed by atoms with van der Waals surface area (Å²) in [6.07, 6.45) is -2.57. The minimum absolute atomic E-state index is 0.0918. The molecule has 4 rings (SSSR count). The normalized spacial score (nSPS) is 11.6. The van der Waals surface area contributed by atoms with E-state index >= 15 is 0 Å². The van der Waals surface area contributed by atoms with Crippen molar-refractivity contribution in [3.63, 3.8) is 0 Å². The number of carbonyl (C=O) groups excluding carboxylic acids is 1. The van der Waals surface area contributed by atoms with Gasteiger partial charge in [0.1, 0.15) is 11.3 Å². The summed E-state index contributed by atoms with van der Waals surface area (Å²) in [5.41, 5.74) is -0.956. The van der Waals surface area contributed by atoms with Gasteiger partial charge in [0, 0.05) is 12.1 Å². The molecule has 0 atom stereocenters. The Hall–Kier alpha value is -3.95. The van der Waals surface area contributed by atoms with Crippen LogP contribution in [0.5, 0.6) is 23.0 Å². The lowest BCUT2D eigenvalue weighted by Gasteiger charge is -2.15. The van der Waals surface area contributed by atoms with Crippen LogP contribution in [-0.4, -0.2) is 12.6 Å². The van der Waals surface area contributed by atoms with Gasteiger partial charge in [-0.25, -0.2) is 4.79 Å². The number of hydrogen-bond donors (Lipinski definition) is 0. The SMILES string of the molecule is CCOc1ccccc1Oc1c(C(F)(F)F)oc2cc(OC(=O)/C=C/c3ccc(Cl)c(Cl)c3)ccc2c1=O. The van der Waals surface area contributed by atoms with E-state index in [4.69, 9.17) is 41.8 Å². The maximum Gasteiger partial charge on any atom is 0.453 e. The second-order valence-electron chi connectivity index (χ2n) is 7.65. The number of hydrogen-bond acceptors (Lipinski definition) is 6. The molecule has 0 amide bonds. The van der Waals surface area contributed by atoms with Crippen molar-refractivity contribution < 1.29 is 36.6 Å². The lowest BCUT2D eigenvalue weighted by molar-refractivity contribution is -0.154. The molecule has 4 aromatic rings. The third-order valence-electron chi connectivity index (χ3n) is 5.01. The van der Waals surface area contributed by atoms with E-state index in [0.29, 0.717) is 10.6 Å². The Balaban J connectivity index is 1.66. The molecular formula is C27H17Cl2F3O6. The predicted octanol–water partition coefficient (Wildman–Crippen LogP) is 7.93. The second kappa shape index (κ2) is 11.2. The van der Waals surface area contributed by atoms with Gasteiger partial charge >= 0.3 is 12.1 Å². The smallest absolute Gasteiger partial charge is 0.453 e. The number of rotatable bonds is 7. The molecule has 1 aromatic heterocycles. The van der Waals surface area contributed by atoms with Crippen LogP contribution in [0.15, 0.2) is 76.0 Å². The molecule has 0 aliphatic heterocycles. The van der Waals surface area contributed by atoms with Crippen molar-refractivity contribution in [2.75, 3.05) is 6.61 Å². The van der Waals surface area contributed by atoms with Gasteiger partial charge in [-0.2, -0.15) is 13.2 Å². The summed E-state index contributed by atoms with van der Waals surface area (Å²) in [5, 5.41) is 0.416. The first kappa shape index (κ1) is 27.1. The fraction of sp³-hybridized carbons (Fsp3) is 0.111. The molecule has 38 heavy (non-hydrogen) atoms. The number of halogens is 5. The topological polar surface area (TPSA) is 75.0 Å². The molecular weight excluding hydrogens is 548 g/mol. The average Bonchev–Trinajstić information content (AvgIpc) is 2.87. The lowest BCUT2D eigenvalue weighted by Crippen LogP contribution is -2.16. The van der Waals surface area contributed by atoms with E-state index < -0.39 is 34.7 Å². The van der Waals surface area contributed by atoms with E-state index in [2.05, 4.69) is 0 Å². The van der Waals surface area contributed by atoms with Crippen molar-refractivity contribution in [1.82, 2.24) is 0 Å². The zero-order valence-corrected chi connectivity index (χ0v) is 21.0. The Bertz CT molecular complexity index is 1590. The van der Waals surface area contributed by atoms with Gasteiger partial charge < -0.3 is 18.6 Å². The summed E-state index contributed by atoms with van der Waals surface area (Å²) >= 11 is 11.8. The van der Waals surface area contributed by atoms with Gasteiger partial charge in [-0.1, -0.05) is 41.4 Å². The summed E-state index contributed by atoms with van der Waals surface area (Å²) < 4.78 is 62.6. The van der Waals surface area contributed by atoms with Gasteiger partial charge in [0.15, 0.2) is 11.5 Å². The van der Waals surface area contributed by atoms with Crippen molar-refractivity contribution >= 4 is 46.2 Å². The molecule has 0 unspecified atom stereocenters. The van der Waals surface area contributed by atoms with Crippen LogP contribution in [0.4, 0.5) is 13.2 Å². The Morgan fingerprint density at radius 3 is 2.42 bits per heavy atom. The fourth-order valence-electron chi connectivity index (χ4n) is 3.35. The molecule has 0 fully saturated rings. The van der Waals surface area contributed by atoms with E-state index in [1.54, 1.807) is 25.1 Å². The number of ether oxygens (including phenoxy) is 3. The van der Waals surface area contributed by atoms with E-state index in [0.717, 1.165) is 12.1 Å². The highest BCUT2D eigenvalue weighted by molar-refractivity contribution is 6.42. The Labute approximate surface area is 223 Å². The van der Waals surface area contributed by atoms with Crippen LogP contribution in [0.3, 0.4) is 0 Å². The first-order valence-corrected chi connectivity index (χ1v) is 11.7. The first-order valence-electron chi connectivity index (χ1n) is 11.0. The molecule has 0 spiro atoms. The van der Waals surface area contributed by atoms with Gasteiger partial charge in [-0.15, -0.1) is 0 Å². The van der Waals surface area contributed by atoms with Gasteiger partial charge in [-0.3, -0.25) is 4.79 Å². The minimum atomic E-state index is -5.07. The number of esters is 1. The largest absolute Gasteiger partial charge is 0.490 e. The van der Waals surface area contributed by atoms with E-state index in [-0.39, 0.29) is 34.3 Å². The monoisotopic (exact) mass is 564 g/mol. The molecule has 3 aromatic carbocycles. The fourth-order valence-corrected chi connectivity index (χ4v) is 3.66. The van der Waals surface area contributed by atoms with E-state index in [9.17, 15) is 22.8 Å². The quantitative estimate of drug-likeness (QED) is 0.129. The maximum absolute atomic E-state index is 13.9. The summed E-state index contributed by atoms with van der Waals surface area (Å²) in [6, 6.07) is 14.1. The van der Waals surface area contributed by atoms with Crippen molar-refractivity contribution in [1.29, 1.82) is 0 Å². The molecule has 0 N–H and O–H groups in total. The van der Waals surface area contributed by atoms with Crippen LogP contribution in [0.25, 0.3) is 17.0 Å². The standard InChI is InChI=1S/C27H17Cl2F3O6/c1-2-35-20-5-3-4-6-21(20)37-25-24(34)17-10-9-16(14-22(17)38-26(25)27(30,31)32)36-23(33)12-8-15-7-11-18(28)19(29)13-15/h3-14H,2H2,1H3/b12-8+. The molecule has 1 heterocycles. The molecule has 0 aliphatic rings.